The van der Waals surface area contributed by atoms with Crippen molar-refractivity contribution >= 4 is 17.9 Å². The standard InChI is InChI=1S/C10H22O5Si.C4H12O4Si/c1-5-13-16(4,14-6-2)15-9(3)11-7-10-8-12-10;1-5-9(6-2,7-3)8-4/h9-10H,5-8H2,1-4H3;1-4H3. The molecule has 2 unspecified atom stereocenters. The second-order valence-corrected chi connectivity index (χ2v) is 10.2. The minimum Gasteiger partial charge on any atom is -0.374 e. The molecule has 1 heterocycles. The summed E-state index contributed by atoms with van der Waals surface area (Å²) < 4.78 is 46.8. The van der Waals surface area contributed by atoms with Crippen LogP contribution in [0.2, 0.25) is 6.55 Å². The van der Waals surface area contributed by atoms with Crippen LogP contribution >= 0.6 is 0 Å². The van der Waals surface area contributed by atoms with Crippen LogP contribution in [0.1, 0.15) is 20.8 Å². The van der Waals surface area contributed by atoms with E-state index in [1.54, 1.807) is 0 Å². The van der Waals surface area contributed by atoms with Crippen LogP contribution in [-0.4, -0.2) is 85.1 Å². The SMILES string of the molecule is CCO[Si](C)(OCC)OC(C)OCC1CO1.CO[Si](OC)(OC)OC. The second kappa shape index (κ2) is 13.3. The van der Waals surface area contributed by atoms with Crippen molar-refractivity contribution in [2.24, 2.45) is 0 Å². The molecule has 0 aliphatic carbocycles. The van der Waals surface area contributed by atoms with Crippen molar-refractivity contribution in [2.75, 3.05) is 54.9 Å². The highest BCUT2D eigenvalue weighted by Crippen LogP contribution is 2.15. The van der Waals surface area contributed by atoms with Crippen LogP contribution in [0.5, 0.6) is 0 Å². The van der Waals surface area contributed by atoms with Crippen LogP contribution in [0.3, 0.4) is 0 Å². The van der Waals surface area contributed by atoms with Gasteiger partial charge in [-0.3, -0.25) is 0 Å². The Morgan fingerprint density at radius 2 is 1.40 bits per heavy atom. The third kappa shape index (κ3) is 10.7. The molecule has 1 rings (SSSR count). The molecule has 2 atom stereocenters. The molecule has 0 amide bonds. The number of hydrogen-bond acceptors (Lipinski definition) is 9. The first-order valence-corrected chi connectivity index (χ1v) is 12.1. The summed E-state index contributed by atoms with van der Waals surface area (Å²) >= 11 is 0. The van der Waals surface area contributed by atoms with E-state index < -0.39 is 17.9 Å². The van der Waals surface area contributed by atoms with Crippen molar-refractivity contribution < 1.29 is 40.5 Å². The monoisotopic (exact) mass is 402 g/mol. The van der Waals surface area contributed by atoms with Gasteiger partial charge in [0.05, 0.1) is 13.2 Å². The Hall–Kier alpha value is 0.0738. The molecular weight excluding hydrogens is 368 g/mol. The van der Waals surface area contributed by atoms with Crippen LogP contribution in [0, 0.1) is 0 Å². The zero-order valence-electron chi connectivity index (χ0n) is 16.7. The van der Waals surface area contributed by atoms with E-state index >= 15 is 0 Å². The minimum absolute atomic E-state index is 0.248. The molecular formula is C14H34O9Si2. The van der Waals surface area contributed by atoms with E-state index in [9.17, 15) is 0 Å². The molecule has 25 heavy (non-hydrogen) atoms. The molecule has 0 aromatic carbocycles. The average Bonchev–Trinajstić information content (AvgIpc) is 3.41. The van der Waals surface area contributed by atoms with Crippen molar-refractivity contribution in [2.45, 2.75) is 39.7 Å². The van der Waals surface area contributed by atoms with E-state index in [-0.39, 0.29) is 12.4 Å². The highest BCUT2D eigenvalue weighted by Gasteiger charge is 2.40. The van der Waals surface area contributed by atoms with Crippen LogP contribution in [0.15, 0.2) is 0 Å². The van der Waals surface area contributed by atoms with Crippen LogP contribution in [0.4, 0.5) is 0 Å². The van der Waals surface area contributed by atoms with E-state index in [2.05, 4.69) is 0 Å². The number of rotatable bonds is 13. The minimum atomic E-state index is -2.69. The van der Waals surface area contributed by atoms with E-state index in [0.717, 1.165) is 6.61 Å². The normalized spacial score (nSPS) is 18.5. The summed E-state index contributed by atoms with van der Waals surface area (Å²) in [6.45, 7) is 10.1. The zero-order valence-corrected chi connectivity index (χ0v) is 18.7. The zero-order chi connectivity index (χ0) is 19.3. The summed E-state index contributed by atoms with van der Waals surface area (Å²) in [6, 6.07) is 0. The van der Waals surface area contributed by atoms with Gasteiger partial charge in [-0.1, -0.05) is 0 Å². The third-order valence-corrected chi connectivity index (χ3v) is 7.50. The summed E-state index contributed by atoms with van der Waals surface area (Å²) in [5.74, 6) is 0. The lowest BCUT2D eigenvalue weighted by atomic mass is 10.5. The molecule has 1 saturated heterocycles. The molecule has 1 fully saturated rings. The van der Waals surface area contributed by atoms with E-state index in [4.69, 9.17) is 40.5 Å². The van der Waals surface area contributed by atoms with Gasteiger partial charge in [0.25, 0.3) is 0 Å². The van der Waals surface area contributed by atoms with Gasteiger partial charge in [0.15, 0.2) is 0 Å². The Morgan fingerprint density at radius 1 is 0.960 bits per heavy atom. The van der Waals surface area contributed by atoms with Crippen molar-refractivity contribution in [3.8, 4) is 0 Å². The van der Waals surface area contributed by atoms with Crippen molar-refractivity contribution in [3.05, 3.63) is 0 Å². The molecule has 1 aliphatic heterocycles. The maximum Gasteiger partial charge on any atom is 0.678 e. The highest BCUT2D eigenvalue weighted by molar-refractivity contribution is 6.59. The van der Waals surface area contributed by atoms with Crippen LogP contribution < -0.4 is 0 Å². The molecule has 11 heteroatoms. The number of hydrogen-bond donors (Lipinski definition) is 0. The molecule has 0 bridgehead atoms. The Balaban J connectivity index is 0.000000547. The molecule has 0 spiro atoms. The van der Waals surface area contributed by atoms with Crippen molar-refractivity contribution in [1.29, 1.82) is 0 Å². The van der Waals surface area contributed by atoms with Gasteiger partial charge in [-0.15, -0.1) is 0 Å². The van der Waals surface area contributed by atoms with E-state index in [1.165, 1.54) is 28.4 Å². The Labute approximate surface area is 153 Å². The molecule has 152 valence electrons. The van der Waals surface area contributed by atoms with Gasteiger partial charge in [-0.2, -0.15) is 0 Å². The largest absolute Gasteiger partial charge is 0.678 e. The topological polar surface area (TPSA) is 86.4 Å². The van der Waals surface area contributed by atoms with E-state index in [0.29, 0.717) is 19.8 Å². The molecule has 0 saturated carbocycles. The second-order valence-electron chi connectivity index (χ2n) is 5.02. The third-order valence-electron chi connectivity index (χ3n) is 3.11. The average molecular weight is 403 g/mol. The lowest BCUT2D eigenvalue weighted by Gasteiger charge is -2.28. The van der Waals surface area contributed by atoms with Gasteiger partial charge in [0, 0.05) is 48.2 Å². The van der Waals surface area contributed by atoms with E-state index in [1.807, 2.05) is 27.3 Å². The summed E-state index contributed by atoms with van der Waals surface area (Å²) in [4.78, 5) is 0. The molecule has 9 nitrogen and oxygen atoms in total. The highest BCUT2D eigenvalue weighted by atomic mass is 28.4. The molecule has 0 aromatic rings. The quantitative estimate of drug-likeness (QED) is 0.258. The van der Waals surface area contributed by atoms with Crippen molar-refractivity contribution in [3.63, 3.8) is 0 Å². The van der Waals surface area contributed by atoms with Gasteiger partial charge >= 0.3 is 17.9 Å². The van der Waals surface area contributed by atoms with Gasteiger partial charge < -0.3 is 40.5 Å². The molecule has 0 radical (unpaired) electrons. The summed E-state index contributed by atoms with van der Waals surface area (Å²) in [5, 5.41) is 0. The van der Waals surface area contributed by atoms with Crippen LogP contribution in [-0.2, 0) is 40.5 Å². The smallest absolute Gasteiger partial charge is 0.374 e. The fourth-order valence-corrected chi connectivity index (χ4v) is 4.82. The number of ether oxygens (including phenoxy) is 2. The maximum absolute atomic E-state index is 5.71. The van der Waals surface area contributed by atoms with Gasteiger partial charge in [-0.25, -0.2) is 0 Å². The Kier molecular flexibility index (Phi) is 13.3. The number of epoxide rings is 1. The summed E-state index contributed by atoms with van der Waals surface area (Å²) in [6.07, 6.45) is -0.0721. The van der Waals surface area contributed by atoms with Crippen molar-refractivity contribution in [1.82, 2.24) is 0 Å². The van der Waals surface area contributed by atoms with Gasteiger partial charge in [0.2, 0.25) is 0 Å². The predicted molar refractivity (Wildman–Crippen MR) is 94.9 cm³/mol. The van der Waals surface area contributed by atoms with Crippen LogP contribution in [0.25, 0.3) is 0 Å². The fourth-order valence-electron chi connectivity index (χ4n) is 1.88. The maximum atomic E-state index is 5.71. The van der Waals surface area contributed by atoms with Gasteiger partial charge in [0.1, 0.15) is 12.4 Å². The summed E-state index contributed by atoms with van der Waals surface area (Å²) in [7, 11) is 0.734. The first kappa shape index (κ1) is 25.1. The fraction of sp³-hybridized carbons (Fsp3) is 1.00. The van der Waals surface area contributed by atoms with Gasteiger partial charge in [-0.05, 0) is 20.8 Å². The molecule has 0 aromatic heterocycles. The first-order valence-electron chi connectivity index (χ1n) is 8.23. The molecule has 1 aliphatic rings. The Bertz CT molecular complexity index is 304. The molecule has 0 N–H and O–H groups in total. The summed E-state index contributed by atoms with van der Waals surface area (Å²) in [5.41, 5.74) is 0. The Morgan fingerprint density at radius 3 is 1.68 bits per heavy atom. The lowest BCUT2D eigenvalue weighted by molar-refractivity contribution is -0.109. The lowest BCUT2D eigenvalue weighted by Crippen LogP contribution is -2.45. The first-order chi connectivity index (χ1) is 11.8. The predicted octanol–water partition coefficient (Wildman–Crippen LogP) is 1.41.